The molecule has 0 bridgehead atoms. The zero-order valence-corrected chi connectivity index (χ0v) is 14.2. The van der Waals surface area contributed by atoms with Crippen LogP contribution in [0.2, 0.25) is 0 Å². The largest absolute Gasteiger partial charge is 0.413 e. The lowest BCUT2D eigenvalue weighted by Gasteiger charge is -2.12. The molecule has 2 aromatic rings. The van der Waals surface area contributed by atoms with E-state index in [1.54, 1.807) is 0 Å². The summed E-state index contributed by atoms with van der Waals surface area (Å²) in [7, 11) is 0. The van der Waals surface area contributed by atoms with Crippen LogP contribution in [0.5, 0.6) is 5.75 Å². The van der Waals surface area contributed by atoms with Crippen LogP contribution in [-0.2, 0) is 0 Å². The van der Waals surface area contributed by atoms with Gasteiger partial charge in [0, 0.05) is 11.6 Å². The normalized spacial score (nSPS) is 10.6. The molecule has 2 rings (SSSR count). The van der Waals surface area contributed by atoms with Gasteiger partial charge in [0.25, 0.3) is 0 Å². The van der Waals surface area contributed by atoms with Crippen molar-refractivity contribution in [1.29, 1.82) is 0 Å². The minimum absolute atomic E-state index is 0.00687. The molecule has 2 aromatic carbocycles. The zero-order chi connectivity index (χ0) is 16.4. The van der Waals surface area contributed by atoms with E-state index in [0.29, 0.717) is 5.75 Å². The number of hydrogen-bond acceptors (Lipinski definition) is 4. The lowest BCUT2D eigenvalue weighted by molar-refractivity contribution is -0.385. The molecular formula is C17H19NO3S. The number of nitro groups is 1. The molecule has 0 aliphatic rings. The monoisotopic (exact) mass is 317 g/mol. The summed E-state index contributed by atoms with van der Waals surface area (Å²) in [5.41, 5.74) is 5.03. The molecule has 0 aliphatic heterocycles. The molecular weight excluding hydrogens is 298 g/mol. The van der Waals surface area contributed by atoms with Crippen LogP contribution in [0.3, 0.4) is 0 Å². The van der Waals surface area contributed by atoms with Gasteiger partial charge in [0.1, 0.15) is 0 Å². The number of nitrogens with zero attached hydrogens (tertiary/aromatic N) is 1. The van der Waals surface area contributed by atoms with E-state index in [1.807, 2.05) is 40.7 Å². The molecule has 0 saturated carbocycles. The van der Waals surface area contributed by atoms with Crippen molar-refractivity contribution < 1.29 is 9.11 Å². The number of hydrogen-bond donors (Lipinski definition) is 0. The fourth-order valence-corrected chi connectivity index (χ4v) is 3.32. The van der Waals surface area contributed by atoms with Gasteiger partial charge >= 0.3 is 5.69 Å². The maximum absolute atomic E-state index is 11.2. The Balaban J connectivity index is 2.35. The van der Waals surface area contributed by atoms with E-state index in [1.165, 1.54) is 23.7 Å². The lowest BCUT2D eigenvalue weighted by Crippen LogP contribution is -1.97. The topological polar surface area (TPSA) is 52.4 Å². The molecule has 0 atom stereocenters. The van der Waals surface area contributed by atoms with Crippen molar-refractivity contribution in [2.75, 3.05) is 0 Å². The highest BCUT2D eigenvalue weighted by Crippen LogP contribution is 2.37. The van der Waals surface area contributed by atoms with Gasteiger partial charge in [0.15, 0.2) is 0 Å². The summed E-state index contributed by atoms with van der Waals surface area (Å²) < 4.78 is 5.75. The number of benzene rings is 2. The average Bonchev–Trinajstić information content (AvgIpc) is 2.38. The van der Waals surface area contributed by atoms with Gasteiger partial charge in [-0.15, -0.1) is 0 Å². The standard InChI is InChI=1S/C17H19NO3S/c1-10-7-13(4)17(14(5)8-10)22-21-16-12(3)6-11(2)9-15(16)18(19)20/h6-9H,1-5H3. The minimum atomic E-state index is -0.398. The molecule has 0 amide bonds. The van der Waals surface area contributed by atoms with Crippen molar-refractivity contribution in [3.8, 4) is 5.75 Å². The molecule has 0 aromatic heterocycles. The summed E-state index contributed by atoms with van der Waals surface area (Å²) in [6.45, 7) is 9.74. The molecule has 0 radical (unpaired) electrons. The Morgan fingerprint density at radius 1 is 0.909 bits per heavy atom. The summed E-state index contributed by atoms with van der Waals surface area (Å²) in [6, 6.07) is 7.58. The van der Waals surface area contributed by atoms with Gasteiger partial charge in [0.2, 0.25) is 5.75 Å². The smallest absolute Gasteiger partial charge is 0.313 e. The maximum atomic E-state index is 11.2. The van der Waals surface area contributed by atoms with E-state index in [9.17, 15) is 10.1 Å². The molecule has 0 saturated heterocycles. The highest BCUT2D eigenvalue weighted by atomic mass is 32.2. The Morgan fingerprint density at radius 3 is 1.95 bits per heavy atom. The Kier molecular flexibility index (Phi) is 4.76. The molecule has 116 valence electrons. The summed E-state index contributed by atoms with van der Waals surface area (Å²) >= 11 is 1.18. The first kappa shape index (κ1) is 16.4. The van der Waals surface area contributed by atoms with Gasteiger partial charge < -0.3 is 4.18 Å². The Morgan fingerprint density at radius 2 is 1.41 bits per heavy atom. The van der Waals surface area contributed by atoms with E-state index < -0.39 is 4.92 Å². The van der Waals surface area contributed by atoms with Gasteiger partial charge in [-0.25, -0.2) is 0 Å². The second-order valence-corrected chi connectivity index (χ2v) is 6.32. The van der Waals surface area contributed by atoms with Gasteiger partial charge in [-0.3, -0.25) is 10.1 Å². The third-order valence-electron chi connectivity index (χ3n) is 3.41. The van der Waals surface area contributed by atoms with E-state index in [2.05, 4.69) is 12.1 Å². The van der Waals surface area contributed by atoms with E-state index in [0.717, 1.165) is 27.1 Å². The first-order chi connectivity index (χ1) is 10.3. The number of aryl methyl sites for hydroxylation is 5. The molecule has 4 nitrogen and oxygen atoms in total. The molecule has 0 unspecified atom stereocenters. The molecule has 0 heterocycles. The highest BCUT2D eigenvalue weighted by molar-refractivity contribution is 7.95. The number of rotatable bonds is 4. The molecule has 0 aliphatic carbocycles. The Hall–Kier alpha value is -2.01. The predicted octanol–water partition coefficient (Wildman–Crippen LogP) is 5.22. The SMILES string of the molecule is Cc1cc(C)c(SOc2c(C)cc(C)cc2[N+](=O)[O-])c(C)c1. The van der Waals surface area contributed by atoms with Crippen molar-refractivity contribution in [1.82, 2.24) is 0 Å². The molecule has 0 N–H and O–H groups in total. The Bertz CT molecular complexity index is 718. The summed E-state index contributed by atoms with van der Waals surface area (Å²) in [5.74, 6) is 0.319. The predicted molar refractivity (Wildman–Crippen MR) is 89.7 cm³/mol. The quantitative estimate of drug-likeness (QED) is 0.440. The van der Waals surface area contributed by atoms with Crippen LogP contribution in [0.15, 0.2) is 29.2 Å². The second kappa shape index (κ2) is 6.40. The van der Waals surface area contributed by atoms with Crippen molar-refractivity contribution in [2.45, 2.75) is 39.5 Å². The van der Waals surface area contributed by atoms with Crippen LogP contribution in [0.1, 0.15) is 27.8 Å². The van der Waals surface area contributed by atoms with E-state index in [-0.39, 0.29) is 5.69 Å². The molecule has 0 spiro atoms. The van der Waals surface area contributed by atoms with Crippen LogP contribution in [0, 0.1) is 44.7 Å². The third-order valence-corrected chi connectivity index (χ3v) is 4.47. The van der Waals surface area contributed by atoms with Gasteiger partial charge in [-0.2, -0.15) is 0 Å². The average molecular weight is 317 g/mol. The van der Waals surface area contributed by atoms with Crippen molar-refractivity contribution in [3.05, 3.63) is 62.2 Å². The summed E-state index contributed by atoms with van der Waals surface area (Å²) in [5, 5.41) is 11.2. The van der Waals surface area contributed by atoms with Gasteiger partial charge in [-0.05, 0) is 51.3 Å². The van der Waals surface area contributed by atoms with Crippen molar-refractivity contribution in [2.24, 2.45) is 0 Å². The van der Waals surface area contributed by atoms with Crippen LogP contribution >= 0.6 is 12.0 Å². The third kappa shape index (κ3) is 3.42. The number of nitro benzene ring substituents is 1. The van der Waals surface area contributed by atoms with Crippen molar-refractivity contribution in [3.63, 3.8) is 0 Å². The first-order valence-corrected chi connectivity index (χ1v) is 7.71. The lowest BCUT2D eigenvalue weighted by atomic mass is 10.1. The fourth-order valence-electron chi connectivity index (χ4n) is 2.56. The van der Waals surface area contributed by atoms with E-state index >= 15 is 0 Å². The summed E-state index contributed by atoms with van der Waals surface area (Å²) in [6.07, 6.45) is 0. The minimum Gasteiger partial charge on any atom is -0.413 e. The first-order valence-electron chi connectivity index (χ1n) is 6.97. The van der Waals surface area contributed by atoms with Gasteiger partial charge in [0.05, 0.1) is 21.9 Å². The molecule has 0 fully saturated rings. The van der Waals surface area contributed by atoms with Crippen LogP contribution < -0.4 is 4.18 Å². The van der Waals surface area contributed by atoms with Crippen LogP contribution in [0.4, 0.5) is 5.69 Å². The van der Waals surface area contributed by atoms with Crippen LogP contribution in [-0.4, -0.2) is 4.92 Å². The zero-order valence-electron chi connectivity index (χ0n) is 13.4. The fraction of sp³-hybridized carbons (Fsp3) is 0.294. The van der Waals surface area contributed by atoms with Crippen molar-refractivity contribution >= 4 is 17.7 Å². The van der Waals surface area contributed by atoms with E-state index in [4.69, 9.17) is 4.18 Å². The van der Waals surface area contributed by atoms with Crippen LogP contribution in [0.25, 0.3) is 0 Å². The maximum Gasteiger partial charge on any atom is 0.313 e. The molecule has 22 heavy (non-hydrogen) atoms. The van der Waals surface area contributed by atoms with Gasteiger partial charge in [-0.1, -0.05) is 23.8 Å². The highest BCUT2D eigenvalue weighted by Gasteiger charge is 2.20. The molecule has 5 heteroatoms. The Labute approximate surface area is 134 Å². The summed E-state index contributed by atoms with van der Waals surface area (Å²) in [4.78, 5) is 11.8. The second-order valence-electron chi connectivity index (χ2n) is 5.58.